The molecule has 108 valence electrons. The lowest BCUT2D eigenvalue weighted by Gasteiger charge is -2.40. The zero-order chi connectivity index (χ0) is 14.4. The molecule has 2 heterocycles. The first-order valence-corrected chi connectivity index (χ1v) is 6.82. The molecule has 2 aliphatic rings. The predicted octanol–water partition coefficient (Wildman–Crippen LogP) is 2.20. The molecular formula is C16H20O4. The van der Waals surface area contributed by atoms with Crippen LogP contribution < -0.4 is 0 Å². The number of aliphatic hydroxyl groups is 1. The third-order valence-electron chi connectivity index (χ3n) is 4.05. The molecular weight excluding hydrogens is 256 g/mol. The summed E-state index contributed by atoms with van der Waals surface area (Å²) in [5.41, 5.74) is -0.557. The van der Waals surface area contributed by atoms with E-state index in [1.807, 2.05) is 37.3 Å². The first-order chi connectivity index (χ1) is 9.46. The summed E-state index contributed by atoms with van der Waals surface area (Å²) < 4.78 is 17.3. The number of ether oxygens (including phenoxy) is 3. The van der Waals surface area contributed by atoms with E-state index in [4.69, 9.17) is 14.2 Å². The minimum Gasteiger partial charge on any atom is -0.385 e. The number of rotatable bonds is 3. The van der Waals surface area contributed by atoms with Gasteiger partial charge in [0.15, 0.2) is 6.29 Å². The molecule has 0 radical (unpaired) electrons. The van der Waals surface area contributed by atoms with Crippen LogP contribution in [0.25, 0.3) is 0 Å². The van der Waals surface area contributed by atoms with Crippen molar-refractivity contribution >= 4 is 0 Å². The SMILES string of the molecule is C=C[C@@]1(C)O[C@@H]1[C@@H]1O[C@H](c2ccccc2)OC[C@@]1(C)O. The van der Waals surface area contributed by atoms with Crippen LogP contribution in [0.4, 0.5) is 0 Å². The van der Waals surface area contributed by atoms with Crippen LogP contribution >= 0.6 is 0 Å². The Hall–Kier alpha value is -1.20. The number of hydrogen-bond acceptors (Lipinski definition) is 4. The van der Waals surface area contributed by atoms with Crippen LogP contribution in [-0.4, -0.2) is 35.1 Å². The van der Waals surface area contributed by atoms with Crippen LogP contribution in [0.3, 0.4) is 0 Å². The Bertz CT molecular complexity index is 498. The van der Waals surface area contributed by atoms with Gasteiger partial charge < -0.3 is 19.3 Å². The van der Waals surface area contributed by atoms with Gasteiger partial charge in [0.25, 0.3) is 0 Å². The Morgan fingerprint density at radius 3 is 2.55 bits per heavy atom. The lowest BCUT2D eigenvalue weighted by Crippen LogP contribution is -2.54. The number of hydrogen-bond donors (Lipinski definition) is 1. The van der Waals surface area contributed by atoms with Gasteiger partial charge in [-0.1, -0.05) is 36.4 Å². The van der Waals surface area contributed by atoms with E-state index >= 15 is 0 Å². The van der Waals surface area contributed by atoms with Gasteiger partial charge in [0.1, 0.15) is 23.4 Å². The maximum absolute atomic E-state index is 10.5. The summed E-state index contributed by atoms with van der Waals surface area (Å²) in [6.45, 7) is 7.64. The highest BCUT2D eigenvalue weighted by Crippen LogP contribution is 2.46. The smallest absolute Gasteiger partial charge is 0.184 e. The molecule has 1 aromatic carbocycles. The summed E-state index contributed by atoms with van der Waals surface area (Å²) >= 11 is 0. The van der Waals surface area contributed by atoms with Gasteiger partial charge in [-0.15, -0.1) is 6.58 Å². The largest absolute Gasteiger partial charge is 0.385 e. The molecule has 2 fully saturated rings. The Kier molecular flexibility index (Phi) is 3.21. The Balaban J connectivity index is 1.79. The van der Waals surface area contributed by atoms with Crippen LogP contribution in [0.1, 0.15) is 25.7 Å². The summed E-state index contributed by atoms with van der Waals surface area (Å²) in [5.74, 6) is 0. The molecule has 4 nitrogen and oxygen atoms in total. The van der Waals surface area contributed by atoms with Gasteiger partial charge in [-0.2, -0.15) is 0 Å². The van der Waals surface area contributed by atoms with E-state index in [1.54, 1.807) is 13.0 Å². The molecule has 0 aromatic heterocycles. The van der Waals surface area contributed by atoms with Crippen molar-refractivity contribution in [1.29, 1.82) is 0 Å². The minimum atomic E-state index is -1.07. The van der Waals surface area contributed by atoms with E-state index in [1.165, 1.54) is 0 Å². The molecule has 0 spiro atoms. The van der Waals surface area contributed by atoms with Crippen molar-refractivity contribution in [2.45, 2.75) is 43.5 Å². The number of benzene rings is 1. The molecule has 0 unspecified atom stereocenters. The highest BCUT2D eigenvalue weighted by Gasteiger charge is 2.61. The van der Waals surface area contributed by atoms with Gasteiger partial charge >= 0.3 is 0 Å². The van der Waals surface area contributed by atoms with E-state index in [9.17, 15) is 5.11 Å². The molecule has 1 N–H and O–H groups in total. The van der Waals surface area contributed by atoms with Gasteiger partial charge in [-0.05, 0) is 13.8 Å². The van der Waals surface area contributed by atoms with E-state index in [2.05, 4.69) is 6.58 Å². The van der Waals surface area contributed by atoms with Crippen LogP contribution in [0.5, 0.6) is 0 Å². The summed E-state index contributed by atoms with van der Waals surface area (Å²) in [4.78, 5) is 0. The van der Waals surface area contributed by atoms with Gasteiger partial charge in [0.2, 0.25) is 0 Å². The fraction of sp³-hybridized carbons (Fsp3) is 0.500. The third-order valence-corrected chi connectivity index (χ3v) is 4.05. The minimum absolute atomic E-state index is 0.190. The van der Waals surface area contributed by atoms with Crippen LogP contribution in [0.2, 0.25) is 0 Å². The highest BCUT2D eigenvalue weighted by atomic mass is 16.7. The van der Waals surface area contributed by atoms with Crippen LogP contribution in [0.15, 0.2) is 43.0 Å². The topological polar surface area (TPSA) is 51.2 Å². The summed E-state index contributed by atoms with van der Waals surface area (Å²) in [7, 11) is 0. The normalized spacial score (nSPS) is 44.0. The zero-order valence-corrected chi connectivity index (χ0v) is 11.8. The maximum atomic E-state index is 10.5. The Morgan fingerprint density at radius 2 is 1.95 bits per heavy atom. The Morgan fingerprint density at radius 1 is 1.25 bits per heavy atom. The molecule has 0 amide bonds. The van der Waals surface area contributed by atoms with E-state index in [0.717, 1.165) is 5.56 Å². The molecule has 2 saturated heterocycles. The van der Waals surface area contributed by atoms with Gasteiger partial charge in [0.05, 0.1) is 6.61 Å². The molecule has 0 saturated carbocycles. The first kappa shape index (κ1) is 13.8. The van der Waals surface area contributed by atoms with Crippen molar-refractivity contribution in [2.75, 3.05) is 6.61 Å². The fourth-order valence-corrected chi connectivity index (χ4v) is 2.59. The summed E-state index contributed by atoms with van der Waals surface area (Å²) in [6.07, 6.45) is 0.652. The van der Waals surface area contributed by atoms with Gasteiger partial charge in [-0.25, -0.2) is 0 Å². The van der Waals surface area contributed by atoms with Crippen molar-refractivity contribution < 1.29 is 19.3 Å². The first-order valence-electron chi connectivity index (χ1n) is 6.82. The van der Waals surface area contributed by atoms with Crippen molar-refractivity contribution in [3.8, 4) is 0 Å². The average Bonchev–Trinajstić information content (AvgIpc) is 3.12. The van der Waals surface area contributed by atoms with Crippen molar-refractivity contribution in [3.63, 3.8) is 0 Å². The second-order valence-corrected chi connectivity index (χ2v) is 5.89. The lowest BCUT2D eigenvalue weighted by atomic mass is 9.90. The maximum Gasteiger partial charge on any atom is 0.184 e. The van der Waals surface area contributed by atoms with E-state index in [-0.39, 0.29) is 12.7 Å². The standard InChI is InChI=1S/C16H20O4/c1-4-16(3)13(20-16)12-15(2,17)10-18-14(19-12)11-8-6-5-7-9-11/h4-9,12-14,17H,1,10H2,2-3H3/t12-,13+,14+,15+,16+/m0/s1. The molecule has 20 heavy (non-hydrogen) atoms. The van der Waals surface area contributed by atoms with Crippen molar-refractivity contribution in [3.05, 3.63) is 48.6 Å². The van der Waals surface area contributed by atoms with Gasteiger partial charge in [-0.3, -0.25) is 0 Å². The van der Waals surface area contributed by atoms with Crippen molar-refractivity contribution in [2.24, 2.45) is 0 Å². The van der Waals surface area contributed by atoms with E-state index < -0.39 is 23.6 Å². The average molecular weight is 276 g/mol. The molecule has 4 heteroatoms. The number of epoxide rings is 1. The molecule has 0 aliphatic carbocycles. The summed E-state index contributed by atoms with van der Waals surface area (Å²) in [5, 5.41) is 10.5. The molecule has 1 aromatic rings. The lowest BCUT2D eigenvalue weighted by molar-refractivity contribution is -0.292. The van der Waals surface area contributed by atoms with Crippen LogP contribution in [0, 0.1) is 0 Å². The zero-order valence-electron chi connectivity index (χ0n) is 11.8. The Labute approximate surface area is 119 Å². The molecule has 0 bridgehead atoms. The predicted molar refractivity (Wildman–Crippen MR) is 74.1 cm³/mol. The summed E-state index contributed by atoms with van der Waals surface area (Å²) in [6, 6.07) is 9.71. The van der Waals surface area contributed by atoms with Gasteiger partial charge in [0, 0.05) is 5.56 Å². The quantitative estimate of drug-likeness (QED) is 0.679. The van der Waals surface area contributed by atoms with E-state index in [0.29, 0.717) is 0 Å². The monoisotopic (exact) mass is 276 g/mol. The molecule has 2 aliphatic heterocycles. The highest BCUT2D eigenvalue weighted by molar-refractivity contribution is 5.20. The van der Waals surface area contributed by atoms with Crippen molar-refractivity contribution in [1.82, 2.24) is 0 Å². The second-order valence-electron chi connectivity index (χ2n) is 5.89. The second kappa shape index (κ2) is 4.67. The van der Waals surface area contributed by atoms with Crippen LogP contribution in [-0.2, 0) is 14.2 Å². The fourth-order valence-electron chi connectivity index (χ4n) is 2.59. The third kappa shape index (κ3) is 2.29. The molecule has 5 atom stereocenters. The molecule has 3 rings (SSSR count).